The molecule has 0 spiro atoms. The molecule has 0 atom stereocenters. The summed E-state index contributed by atoms with van der Waals surface area (Å²) in [5, 5.41) is 18.3. The highest BCUT2D eigenvalue weighted by atomic mass is 35.5. The number of benzene rings is 2. The van der Waals surface area contributed by atoms with Gasteiger partial charge in [-0.15, -0.1) is 0 Å². The zero-order valence-corrected chi connectivity index (χ0v) is 14.4. The third-order valence-electron chi connectivity index (χ3n) is 3.53. The van der Waals surface area contributed by atoms with Crippen molar-refractivity contribution in [3.05, 3.63) is 75.7 Å². The van der Waals surface area contributed by atoms with Gasteiger partial charge in [-0.25, -0.2) is 4.68 Å². The lowest BCUT2D eigenvalue weighted by molar-refractivity contribution is -0.255. The minimum atomic E-state index is -1.27. The van der Waals surface area contributed by atoms with Crippen LogP contribution in [0, 0.1) is 0 Å². The number of nitrogens with one attached hydrogen (secondary N) is 1. The molecule has 8 heteroatoms. The van der Waals surface area contributed by atoms with Gasteiger partial charge in [-0.05, 0) is 42.0 Å². The lowest BCUT2D eigenvalue weighted by Crippen LogP contribution is -2.23. The average Bonchev–Trinajstić information content (AvgIpc) is 2.63. The minimum Gasteiger partial charge on any atom is -0.545 e. The van der Waals surface area contributed by atoms with Crippen LogP contribution in [0.15, 0.2) is 59.5 Å². The predicted molar refractivity (Wildman–Crippen MR) is 95.1 cm³/mol. The van der Waals surface area contributed by atoms with Gasteiger partial charge in [-0.3, -0.25) is 4.79 Å². The summed E-state index contributed by atoms with van der Waals surface area (Å²) < 4.78 is 6.89. The maximum Gasteiger partial charge on any atom is 0.294 e. The Morgan fingerprint density at radius 2 is 1.81 bits per heavy atom. The summed E-state index contributed by atoms with van der Waals surface area (Å²) in [7, 11) is 1.51. The third kappa shape index (κ3) is 3.84. The van der Waals surface area contributed by atoms with E-state index in [2.05, 4.69) is 10.4 Å². The van der Waals surface area contributed by atoms with Gasteiger partial charge in [0.25, 0.3) is 5.56 Å². The van der Waals surface area contributed by atoms with Gasteiger partial charge >= 0.3 is 0 Å². The van der Waals surface area contributed by atoms with E-state index in [0.29, 0.717) is 16.5 Å². The van der Waals surface area contributed by atoms with E-state index in [1.807, 2.05) is 0 Å². The van der Waals surface area contributed by atoms with Gasteiger partial charge in [0.1, 0.15) is 5.75 Å². The molecule has 0 saturated heterocycles. The number of aryl methyl sites for hydroxylation is 1. The van der Waals surface area contributed by atoms with Crippen molar-refractivity contribution in [3.8, 4) is 11.5 Å². The van der Waals surface area contributed by atoms with Crippen LogP contribution >= 0.6 is 11.6 Å². The largest absolute Gasteiger partial charge is 0.545 e. The summed E-state index contributed by atoms with van der Waals surface area (Å²) in [6.07, 6.45) is 1.41. The summed E-state index contributed by atoms with van der Waals surface area (Å²) in [6.45, 7) is 0. The average molecular weight is 371 g/mol. The topological polar surface area (TPSA) is 96.3 Å². The normalized spacial score (nSPS) is 10.4. The second kappa shape index (κ2) is 7.28. The van der Waals surface area contributed by atoms with Crippen LogP contribution in [0.1, 0.15) is 10.4 Å². The van der Waals surface area contributed by atoms with Crippen molar-refractivity contribution in [2.45, 2.75) is 0 Å². The molecule has 0 aliphatic carbocycles. The van der Waals surface area contributed by atoms with Crippen molar-refractivity contribution in [2.24, 2.45) is 7.05 Å². The Bertz CT molecular complexity index is 998. The highest BCUT2D eigenvalue weighted by Crippen LogP contribution is 2.29. The van der Waals surface area contributed by atoms with E-state index in [9.17, 15) is 14.7 Å². The third-order valence-corrected chi connectivity index (χ3v) is 3.79. The summed E-state index contributed by atoms with van der Waals surface area (Å²) in [4.78, 5) is 23.3. The molecule has 0 aliphatic rings. The Morgan fingerprint density at radius 3 is 2.42 bits per heavy atom. The summed E-state index contributed by atoms with van der Waals surface area (Å²) in [5.74, 6) is -0.567. The van der Waals surface area contributed by atoms with Crippen LogP contribution in [0.4, 0.5) is 11.4 Å². The number of carboxylic acid groups (broad SMARTS) is 1. The Kier molecular flexibility index (Phi) is 4.90. The Morgan fingerprint density at radius 1 is 1.15 bits per heavy atom. The fraction of sp³-hybridized carbons (Fsp3) is 0.0556. The summed E-state index contributed by atoms with van der Waals surface area (Å²) >= 11 is 5.85. The van der Waals surface area contributed by atoms with Gasteiger partial charge in [0.15, 0.2) is 11.4 Å². The molecule has 0 fully saturated rings. The maximum atomic E-state index is 12.4. The number of nitrogens with zero attached hydrogens (tertiary/aromatic N) is 2. The maximum absolute atomic E-state index is 12.4. The van der Waals surface area contributed by atoms with Gasteiger partial charge in [0.2, 0.25) is 0 Å². The summed E-state index contributed by atoms with van der Waals surface area (Å²) in [6, 6.07) is 12.5. The van der Waals surface area contributed by atoms with E-state index in [1.54, 1.807) is 24.3 Å². The van der Waals surface area contributed by atoms with Crippen LogP contribution < -0.4 is 20.7 Å². The quantitative estimate of drug-likeness (QED) is 0.740. The molecule has 0 radical (unpaired) electrons. The Labute approximate surface area is 153 Å². The van der Waals surface area contributed by atoms with Crippen molar-refractivity contribution >= 4 is 28.9 Å². The van der Waals surface area contributed by atoms with Crippen molar-refractivity contribution in [1.82, 2.24) is 9.78 Å². The van der Waals surface area contributed by atoms with Crippen LogP contribution in [-0.4, -0.2) is 15.7 Å². The first-order chi connectivity index (χ1) is 12.4. The van der Waals surface area contributed by atoms with E-state index in [4.69, 9.17) is 16.3 Å². The molecule has 0 bridgehead atoms. The fourth-order valence-corrected chi connectivity index (χ4v) is 2.31. The molecule has 3 aromatic rings. The van der Waals surface area contributed by atoms with Gasteiger partial charge in [0.05, 0.1) is 12.2 Å². The molecule has 1 aromatic heterocycles. The van der Waals surface area contributed by atoms with Crippen molar-refractivity contribution in [3.63, 3.8) is 0 Å². The molecule has 7 nitrogen and oxygen atoms in total. The second-order valence-corrected chi connectivity index (χ2v) is 5.79. The number of ether oxygens (including phenoxy) is 1. The highest BCUT2D eigenvalue weighted by Gasteiger charge is 2.13. The predicted octanol–water partition coefficient (Wildman–Crippen LogP) is 2.33. The van der Waals surface area contributed by atoms with Gasteiger partial charge in [0, 0.05) is 17.8 Å². The number of aromatic carboxylic acids is 1. The number of hydrogen-bond donors (Lipinski definition) is 1. The van der Waals surface area contributed by atoms with Gasteiger partial charge in [-0.2, -0.15) is 5.10 Å². The molecule has 0 amide bonds. The molecule has 0 aliphatic heterocycles. The van der Waals surface area contributed by atoms with E-state index in [-0.39, 0.29) is 17.0 Å². The molecule has 0 unspecified atom stereocenters. The second-order valence-electron chi connectivity index (χ2n) is 5.36. The molecule has 2 aromatic carbocycles. The van der Waals surface area contributed by atoms with Crippen LogP contribution in [-0.2, 0) is 7.05 Å². The van der Waals surface area contributed by atoms with Gasteiger partial charge < -0.3 is 20.0 Å². The molecule has 0 saturated carbocycles. The van der Waals surface area contributed by atoms with E-state index in [0.717, 1.165) is 4.68 Å². The van der Waals surface area contributed by atoms with E-state index >= 15 is 0 Å². The van der Waals surface area contributed by atoms with Crippen molar-refractivity contribution < 1.29 is 14.6 Å². The summed E-state index contributed by atoms with van der Waals surface area (Å²) in [5.41, 5.74) is 0.314. The Hall–Kier alpha value is -3.32. The first-order valence-electron chi connectivity index (χ1n) is 7.52. The van der Waals surface area contributed by atoms with E-state index < -0.39 is 11.5 Å². The number of carbonyl (C=O) groups is 1. The van der Waals surface area contributed by atoms with E-state index in [1.165, 1.54) is 37.5 Å². The number of halogens is 1. The van der Waals surface area contributed by atoms with Gasteiger partial charge in [-0.1, -0.05) is 23.7 Å². The zero-order chi connectivity index (χ0) is 18.7. The number of hydrogen-bond acceptors (Lipinski definition) is 6. The van der Waals surface area contributed by atoms with Crippen LogP contribution in [0.25, 0.3) is 0 Å². The number of anilines is 2. The SMILES string of the molecule is Cn1ncc(Oc2ccc(Cl)cc2)c(Nc2ccc(C(=O)[O-])cc2)c1=O. The number of rotatable bonds is 5. The van der Waals surface area contributed by atoms with Crippen molar-refractivity contribution in [1.29, 1.82) is 0 Å². The first-order valence-corrected chi connectivity index (χ1v) is 7.90. The number of carboxylic acids is 1. The first kappa shape index (κ1) is 17.5. The smallest absolute Gasteiger partial charge is 0.294 e. The lowest BCUT2D eigenvalue weighted by atomic mass is 10.2. The monoisotopic (exact) mass is 370 g/mol. The molecule has 3 rings (SSSR count). The zero-order valence-electron chi connectivity index (χ0n) is 13.6. The molecular weight excluding hydrogens is 358 g/mol. The molecule has 1 heterocycles. The highest BCUT2D eigenvalue weighted by molar-refractivity contribution is 6.30. The van der Waals surface area contributed by atoms with Crippen LogP contribution in [0.5, 0.6) is 11.5 Å². The fourth-order valence-electron chi connectivity index (χ4n) is 2.18. The molecule has 1 N–H and O–H groups in total. The van der Waals surface area contributed by atoms with Crippen molar-refractivity contribution in [2.75, 3.05) is 5.32 Å². The number of carbonyl (C=O) groups excluding carboxylic acids is 1. The molecule has 26 heavy (non-hydrogen) atoms. The molecule has 132 valence electrons. The lowest BCUT2D eigenvalue weighted by Gasteiger charge is -2.13. The number of aromatic nitrogens is 2. The Balaban J connectivity index is 1.94. The van der Waals surface area contributed by atoms with Crippen LogP contribution in [0.2, 0.25) is 5.02 Å². The molecular formula is C18H13ClN3O4-. The minimum absolute atomic E-state index is 0.0378. The van der Waals surface area contributed by atoms with Crippen LogP contribution in [0.3, 0.4) is 0 Å². The standard InChI is InChI=1S/C18H14ClN3O4/c1-22-17(23)16(21-13-6-2-11(3-7-13)18(24)25)15(10-20-22)26-14-8-4-12(19)5-9-14/h2-10,21H,1H3,(H,24,25)/p-1.